The van der Waals surface area contributed by atoms with Crippen LogP contribution in [0.2, 0.25) is 0 Å². The highest BCUT2D eigenvalue weighted by molar-refractivity contribution is 8.01. The molecule has 0 bridgehead atoms. The summed E-state index contributed by atoms with van der Waals surface area (Å²) in [5.74, 6) is -0.00273. The fraction of sp³-hybridized carbons (Fsp3) is 0.250. The van der Waals surface area contributed by atoms with Gasteiger partial charge in [0.15, 0.2) is 0 Å². The van der Waals surface area contributed by atoms with Gasteiger partial charge in [0.1, 0.15) is 5.75 Å². The minimum Gasteiger partial charge on any atom is -0.497 e. The number of thioether (sulfide) groups is 1. The second-order valence-electron chi connectivity index (χ2n) is 6.18. The molecule has 1 atom stereocenters. The highest BCUT2D eigenvalue weighted by Crippen LogP contribution is 2.30. The topological polar surface area (TPSA) is 75.7 Å². The van der Waals surface area contributed by atoms with Gasteiger partial charge in [-0.25, -0.2) is 4.90 Å². The van der Waals surface area contributed by atoms with E-state index in [4.69, 9.17) is 4.74 Å². The molecule has 1 fully saturated rings. The first-order valence-corrected chi connectivity index (χ1v) is 9.52. The minimum atomic E-state index is -0.552. The summed E-state index contributed by atoms with van der Waals surface area (Å²) in [4.78, 5) is 38.2. The zero-order chi connectivity index (χ0) is 19.4. The first-order valence-electron chi connectivity index (χ1n) is 8.47. The molecule has 0 unspecified atom stereocenters. The Balaban J connectivity index is 1.57. The zero-order valence-electron chi connectivity index (χ0n) is 15.1. The number of hydrogen-bond donors (Lipinski definition) is 1. The Hall–Kier alpha value is -2.80. The van der Waals surface area contributed by atoms with Crippen LogP contribution >= 0.6 is 11.8 Å². The van der Waals surface area contributed by atoms with Gasteiger partial charge >= 0.3 is 0 Å². The zero-order valence-corrected chi connectivity index (χ0v) is 15.9. The van der Waals surface area contributed by atoms with Gasteiger partial charge in [-0.05, 0) is 43.3 Å². The van der Waals surface area contributed by atoms with Crippen molar-refractivity contribution in [3.8, 4) is 5.75 Å². The third-order valence-corrected chi connectivity index (χ3v) is 5.39. The minimum absolute atomic E-state index is 0.0906. The van der Waals surface area contributed by atoms with Crippen molar-refractivity contribution in [3.05, 3.63) is 54.1 Å². The Morgan fingerprint density at radius 3 is 2.44 bits per heavy atom. The summed E-state index contributed by atoms with van der Waals surface area (Å²) in [5.41, 5.74) is 2.33. The maximum absolute atomic E-state index is 12.6. The van der Waals surface area contributed by atoms with Gasteiger partial charge < -0.3 is 10.1 Å². The third-order valence-electron chi connectivity index (χ3n) is 4.19. The van der Waals surface area contributed by atoms with Gasteiger partial charge in [-0.3, -0.25) is 14.4 Å². The van der Waals surface area contributed by atoms with Crippen LogP contribution in [-0.4, -0.2) is 35.8 Å². The van der Waals surface area contributed by atoms with E-state index in [0.717, 1.165) is 5.56 Å². The lowest BCUT2D eigenvalue weighted by atomic mass is 10.2. The molecular formula is C20H20N2O4S. The molecule has 7 heteroatoms. The van der Waals surface area contributed by atoms with Gasteiger partial charge in [0.05, 0.1) is 23.8 Å². The standard InChI is InChI=1S/C20H20N2O4S/c1-13-3-5-14(6-4-13)21-18(23)12-27-17-11-19(24)22(20(17)25)15-7-9-16(26-2)10-8-15/h3-10,17H,11-12H2,1-2H3,(H,21,23)/t17-/m1/s1. The number of rotatable bonds is 6. The Morgan fingerprint density at radius 2 is 1.81 bits per heavy atom. The van der Waals surface area contributed by atoms with Crippen molar-refractivity contribution in [1.82, 2.24) is 0 Å². The van der Waals surface area contributed by atoms with Crippen molar-refractivity contribution >= 4 is 40.9 Å². The molecule has 0 radical (unpaired) electrons. The van der Waals surface area contributed by atoms with Crippen molar-refractivity contribution in [2.75, 3.05) is 23.1 Å². The average Bonchev–Trinajstić information content (AvgIpc) is 2.95. The number of amides is 3. The van der Waals surface area contributed by atoms with Crippen LogP contribution in [0.3, 0.4) is 0 Å². The normalized spacial score (nSPS) is 16.5. The molecule has 27 heavy (non-hydrogen) atoms. The summed E-state index contributed by atoms with van der Waals surface area (Å²) in [6.07, 6.45) is 0.0906. The van der Waals surface area contributed by atoms with Gasteiger partial charge in [-0.15, -0.1) is 11.8 Å². The van der Waals surface area contributed by atoms with E-state index < -0.39 is 5.25 Å². The lowest BCUT2D eigenvalue weighted by molar-refractivity contribution is -0.121. The highest BCUT2D eigenvalue weighted by Gasteiger charge is 2.40. The van der Waals surface area contributed by atoms with Crippen LogP contribution in [0.5, 0.6) is 5.75 Å². The summed E-state index contributed by atoms with van der Waals surface area (Å²) in [7, 11) is 1.55. The fourth-order valence-electron chi connectivity index (χ4n) is 2.75. The molecule has 0 aromatic heterocycles. The molecule has 0 saturated carbocycles. The quantitative estimate of drug-likeness (QED) is 0.775. The van der Waals surface area contributed by atoms with Crippen molar-refractivity contribution in [3.63, 3.8) is 0 Å². The number of methoxy groups -OCH3 is 1. The molecule has 0 aliphatic carbocycles. The molecular weight excluding hydrogens is 364 g/mol. The number of benzene rings is 2. The summed E-state index contributed by atoms with van der Waals surface area (Å²) in [6.45, 7) is 1.97. The molecule has 3 rings (SSSR count). The molecule has 6 nitrogen and oxygen atoms in total. The number of imide groups is 1. The van der Waals surface area contributed by atoms with Gasteiger partial charge in [-0.1, -0.05) is 17.7 Å². The van der Waals surface area contributed by atoms with Gasteiger partial charge in [0.2, 0.25) is 17.7 Å². The number of anilines is 2. The summed E-state index contributed by atoms with van der Waals surface area (Å²) >= 11 is 1.18. The molecule has 2 aromatic rings. The smallest absolute Gasteiger partial charge is 0.247 e. The molecule has 3 amide bonds. The van der Waals surface area contributed by atoms with Crippen LogP contribution in [0.1, 0.15) is 12.0 Å². The molecule has 140 valence electrons. The maximum atomic E-state index is 12.6. The van der Waals surface area contributed by atoms with E-state index in [2.05, 4.69) is 5.32 Å². The Morgan fingerprint density at radius 1 is 1.15 bits per heavy atom. The lowest BCUT2D eigenvalue weighted by Crippen LogP contribution is -2.31. The van der Waals surface area contributed by atoms with E-state index in [-0.39, 0.29) is 29.9 Å². The van der Waals surface area contributed by atoms with E-state index in [1.807, 2.05) is 31.2 Å². The monoisotopic (exact) mass is 384 g/mol. The number of hydrogen-bond acceptors (Lipinski definition) is 5. The Kier molecular flexibility index (Phi) is 5.81. The first kappa shape index (κ1) is 19.0. The molecule has 2 aromatic carbocycles. The second kappa shape index (κ2) is 8.26. The number of carbonyl (C=O) groups excluding carboxylic acids is 3. The molecule has 1 heterocycles. The highest BCUT2D eigenvalue weighted by atomic mass is 32.2. The van der Waals surface area contributed by atoms with Crippen molar-refractivity contribution in [2.24, 2.45) is 0 Å². The van der Waals surface area contributed by atoms with Crippen molar-refractivity contribution in [1.29, 1.82) is 0 Å². The van der Waals surface area contributed by atoms with Gasteiger partial charge in [0.25, 0.3) is 0 Å². The lowest BCUT2D eigenvalue weighted by Gasteiger charge is -2.15. The molecule has 1 aliphatic rings. The number of carbonyl (C=O) groups is 3. The van der Waals surface area contributed by atoms with Crippen molar-refractivity contribution < 1.29 is 19.1 Å². The molecule has 1 aliphatic heterocycles. The van der Waals surface area contributed by atoms with Crippen LogP contribution < -0.4 is 15.0 Å². The third kappa shape index (κ3) is 4.49. The predicted octanol–water partition coefficient (Wildman–Crippen LogP) is 3.01. The summed E-state index contributed by atoms with van der Waals surface area (Å²) in [6, 6.07) is 14.2. The molecule has 0 spiro atoms. The second-order valence-corrected chi connectivity index (χ2v) is 7.37. The van der Waals surface area contributed by atoms with E-state index in [0.29, 0.717) is 17.1 Å². The summed E-state index contributed by atoms with van der Waals surface area (Å²) < 4.78 is 5.09. The fourth-order valence-corrected chi connectivity index (χ4v) is 3.68. The first-order chi connectivity index (χ1) is 13.0. The number of ether oxygens (including phenoxy) is 1. The van der Waals surface area contributed by atoms with E-state index in [1.165, 1.54) is 16.7 Å². The number of nitrogens with zero attached hydrogens (tertiary/aromatic N) is 1. The van der Waals surface area contributed by atoms with E-state index in [1.54, 1.807) is 31.4 Å². The molecule has 1 saturated heterocycles. The largest absolute Gasteiger partial charge is 0.497 e. The van der Waals surface area contributed by atoms with Crippen LogP contribution in [0, 0.1) is 6.92 Å². The average molecular weight is 384 g/mol. The van der Waals surface area contributed by atoms with Crippen LogP contribution in [0.4, 0.5) is 11.4 Å². The predicted molar refractivity (Wildman–Crippen MR) is 106 cm³/mol. The van der Waals surface area contributed by atoms with Crippen LogP contribution in [0.25, 0.3) is 0 Å². The van der Waals surface area contributed by atoms with E-state index >= 15 is 0 Å². The van der Waals surface area contributed by atoms with Gasteiger partial charge in [-0.2, -0.15) is 0 Å². The van der Waals surface area contributed by atoms with Crippen molar-refractivity contribution in [2.45, 2.75) is 18.6 Å². The Labute approximate surface area is 161 Å². The maximum Gasteiger partial charge on any atom is 0.247 e. The Bertz CT molecular complexity index is 849. The van der Waals surface area contributed by atoms with E-state index in [9.17, 15) is 14.4 Å². The summed E-state index contributed by atoms with van der Waals surface area (Å²) in [5, 5.41) is 2.24. The number of aryl methyl sites for hydroxylation is 1. The SMILES string of the molecule is COc1ccc(N2C(=O)C[C@@H](SCC(=O)Nc3ccc(C)cc3)C2=O)cc1. The number of nitrogens with one attached hydrogen (secondary N) is 1. The van der Waals surface area contributed by atoms with Gasteiger partial charge in [0, 0.05) is 12.1 Å². The van der Waals surface area contributed by atoms with Crippen LogP contribution in [0.15, 0.2) is 48.5 Å². The molecule has 1 N–H and O–H groups in total. The van der Waals surface area contributed by atoms with Crippen LogP contribution in [-0.2, 0) is 14.4 Å².